The van der Waals surface area contributed by atoms with Crippen LogP contribution in [-0.4, -0.2) is 15.8 Å². The van der Waals surface area contributed by atoms with E-state index >= 15 is 0 Å². The molecule has 0 aliphatic carbocycles. The molecule has 1 aromatic heterocycles. The molecule has 0 radical (unpaired) electrons. The first kappa shape index (κ1) is 17.6. The highest BCUT2D eigenvalue weighted by Crippen LogP contribution is 2.19. The van der Waals surface area contributed by atoms with Crippen LogP contribution in [-0.2, 0) is 6.54 Å². The first-order valence-corrected chi connectivity index (χ1v) is 8.53. The maximum absolute atomic E-state index is 11.4. The van der Waals surface area contributed by atoms with E-state index in [9.17, 15) is 4.79 Å². The number of hydrogen-bond acceptors (Lipinski definition) is 5. The molecule has 0 aliphatic rings. The van der Waals surface area contributed by atoms with Crippen LogP contribution in [0.25, 0.3) is 0 Å². The van der Waals surface area contributed by atoms with Gasteiger partial charge < -0.3 is 10.6 Å². The number of aryl methyl sites for hydroxylation is 2. The number of aromatic nitrogens is 2. The summed E-state index contributed by atoms with van der Waals surface area (Å²) < 4.78 is 0. The van der Waals surface area contributed by atoms with Crippen molar-refractivity contribution in [2.24, 2.45) is 0 Å². The molecule has 0 fully saturated rings. The Bertz CT molecular complexity index is 920. The van der Waals surface area contributed by atoms with Gasteiger partial charge in [0.15, 0.2) is 5.78 Å². The minimum atomic E-state index is 0.0528. The Morgan fingerprint density at radius 3 is 2.38 bits per heavy atom. The third kappa shape index (κ3) is 4.66. The van der Waals surface area contributed by atoms with Gasteiger partial charge in [0, 0.05) is 23.9 Å². The van der Waals surface area contributed by atoms with Gasteiger partial charge in [-0.1, -0.05) is 29.8 Å². The molecule has 0 aliphatic heterocycles. The van der Waals surface area contributed by atoms with Crippen LogP contribution in [0.15, 0.2) is 54.6 Å². The van der Waals surface area contributed by atoms with Crippen molar-refractivity contribution in [2.45, 2.75) is 27.3 Å². The van der Waals surface area contributed by atoms with Crippen LogP contribution in [0.4, 0.5) is 17.3 Å². The van der Waals surface area contributed by atoms with Crippen molar-refractivity contribution in [1.82, 2.24) is 9.97 Å². The Labute approximate surface area is 153 Å². The van der Waals surface area contributed by atoms with E-state index in [0.29, 0.717) is 23.8 Å². The second-order valence-electron chi connectivity index (χ2n) is 6.29. The Morgan fingerprint density at radius 1 is 0.962 bits per heavy atom. The van der Waals surface area contributed by atoms with Crippen LogP contribution in [0.2, 0.25) is 0 Å². The average Bonchev–Trinajstić information content (AvgIpc) is 2.60. The van der Waals surface area contributed by atoms with Crippen LogP contribution in [0.5, 0.6) is 0 Å². The number of hydrogen-bond donors (Lipinski definition) is 2. The summed E-state index contributed by atoms with van der Waals surface area (Å²) in [4.78, 5) is 20.2. The topological polar surface area (TPSA) is 66.9 Å². The van der Waals surface area contributed by atoms with E-state index in [2.05, 4.69) is 51.8 Å². The van der Waals surface area contributed by atoms with Crippen molar-refractivity contribution >= 4 is 23.1 Å². The van der Waals surface area contributed by atoms with Gasteiger partial charge in [-0.05, 0) is 50.6 Å². The zero-order valence-corrected chi connectivity index (χ0v) is 15.2. The summed E-state index contributed by atoms with van der Waals surface area (Å²) in [5.74, 6) is 2.21. The summed E-state index contributed by atoms with van der Waals surface area (Å²) >= 11 is 0. The van der Waals surface area contributed by atoms with E-state index in [1.54, 1.807) is 19.1 Å². The lowest BCUT2D eigenvalue weighted by molar-refractivity contribution is 0.101. The predicted molar refractivity (Wildman–Crippen MR) is 105 cm³/mol. The summed E-state index contributed by atoms with van der Waals surface area (Å²) in [5, 5.41) is 6.60. The number of carbonyl (C=O) groups is 1. The molecule has 0 unspecified atom stereocenters. The van der Waals surface area contributed by atoms with Gasteiger partial charge in [0.25, 0.3) is 0 Å². The maximum atomic E-state index is 11.4. The molecule has 132 valence electrons. The van der Waals surface area contributed by atoms with E-state index in [1.807, 2.05) is 25.1 Å². The number of Topliss-reactive ketones (excluding diaryl/α,β-unsaturated/α-hetero) is 1. The van der Waals surface area contributed by atoms with Gasteiger partial charge >= 0.3 is 0 Å². The second-order valence-corrected chi connectivity index (χ2v) is 6.29. The largest absolute Gasteiger partial charge is 0.366 e. The van der Waals surface area contributed by atoms with Crippen LogP contribution in [0, 0.1) is 13.8 Å². The molecule has 2 aromatic carbocycles. The highest BCUT2D eigenvalue weighted by molar-refractivity contribution is 5.94. The zero-order valence-electron chi connectivity index (χ0n) is 15.2. The van der Waals surface area contributed by atoms with Crippen molar-refractivity contribution in [3.63, 3.8) is 0 Å². The minimum absolute atomic E-state index is 0.0528. The number of benzene rings is 2. The SMILES string of the molecule is CC(=O)c1ccc(Nc2cc(NCc3cccc(C)c3)nc(C)n2)cc1. The molecule has 3 aromatic rings. The summed E-state index contributed by atoms with van der Waals surface area (Å²) in [6.07, 6.45) is 0. The van der Waals surface area contributed by atoms with E-state index in [4.69, 9.17) is 0 Å². The van der Waals surface area contributed by atoms with E-state index < -0.39 is 0 Å². The lowest BCUT2D eigenvalue weighted by Crippen LogP contribution is -2.05. The molecule has 26 heavy (non-hydrogen) atoms. The molecule has 0 bridgehead atoms. The Kier molecular flexibility index (Phi) is 5.27. The lowest BCUT2D eigenvalue weighted by Gasteiger charge is -2.11. The van der Waals surface area contributed by atoms with Crippen LogP contribution < -0.4 is 10.6 Å². The number of nitrogens with zero attached hydrogens (tertiary/aromatic N) is 2. The average molecular weight is 346 g/mol. The van der Waals surface area contributed by atoms with Gasteiger partial charge in [-0.15, -0.1) is 0 Å². The monoisotopic (exact) mass is 346 g/mol. The number of nitrogens with one attached hydrogen (secondary N) is 2. The van der Waals surface area contributed by atoms with Crippen molar-refractivity contribution in [2.75, 3.05) is 10.6 Å². The van der Waals surface area contributed by atoms with Gasteiger partial charge in [0.05, 0.1) is 0 Å². The van der Waals surface area contributed by atoms with Crippen molar-refractivity contribution in [1.29, 1.82) is 0 Å². The third-order valence-electron chi connectivity index (χ3n) is 3.96. The standard InChI is InChI=1S/C21H22N4O/c1-14-5-4-6-17(11-14)13-22-20-12-21(24-16(3)23-20)25-19-9-7-18(8-10-19)15(2)26/h4-12H,13H2,1-3H3,(H2,22,23,24,25). The van der Waals surface area contributed by atoms with E-state index in [0.717, 1.165) is 11.5 Å². The van der Waals surface area contributed by atoms with Crippen molar-refractivity contribution in [3.8, 4) is 0 Å². The normalized spacial score (nSPS) is 10.4. The minimum Gasteiger partial charge on any atom is -0.366 e. The highest BCUT2D eigenvalue weighted by atomic mass is 16.1. The van der Waals surface area contributed by atoms with Gasteiger partial charge in [-0.2, -0.15) is 0 Å². The smallest absolute Gasteiger partial charge is 0.159 e. The fraction of sp³-hybridized carbons (Fsp3) is 0.190. The van der Waals surface area contributed by atoms with Crippen LogP contribution in [0.1, 0.15) is 34.2 Å². The van der Waals surface area contributed by atoms with Crippen LogP contribution >= 0.6 is 0 Å². The summed E-state index contributed by atoms with van der Waals surface area (Å²) in [6.45, 7) is 6.20. The number of carbonyl (C=O) groups excluding carboxylic acids is 1. The molecular formula is C21H22N4O. The van der Waals surface area contributed by atoms with Crippen LogP contribution in [0.3, 0.4) is 0 Å². The molecule has 5 heteroatoms. The molecule has 2 N–H and O–H groups in total. The highest BCUT2D eigenvalue weighted by Gasteiger charge is 2.04. The van der Waals surface area contributed by atoms with Crippen molar-refractivity contribution in [3.05, 3.63) is 77.1 Å². The lowest BCUT2D eigenvalue weighted by atomic mass is 10.1. The molecule has 1 heterocycles. The zero-order chi connectivity index (χ0) is 18.5. The second kappa shape index (κ2) is 7.78. The van der Waals surface area contributed by atoms with Crippen molar-refractivity contribution < 1.29 is 4.79 Å². The molecule has 5 nitrogen and oxygen atoms in total. The van der Waals surface area contributed by atoms with E-state index in [-0.39, 0.29) is 5.78 Å². The number of anilines is 3. The van der Waals surface area contributed by atoms with Gasteiger partial charge in [0.1, 0.15) is 17.5 Å². The van der Waals surface area contributed by atoms with Gasteiger partial charge in [-0.3, -0.25) is 4.79 Å². The quantitative estimate of drug-likeness (QED) is 0.636. The first-order chi connectivity index (χ1) is 12.5. The Morgan fingerprint density at radius 2 is 1.69 bits per heavy atom. The molecule has 0 amide bonds. The Hall–Kier alpha value is -3.21. The molecule has 0 atom stereocenters. The summed E-state index contributed by atoms with van der Waals surface area (Å²) in [6, 6.07) is 17.6. The van der Waals surface area contributed by atoms with Gasteiger partial charge in [-0.25, -0.2) is 9.97 Å². The molecule has 0 saturated heterocycles. The Balaban J connectivity index is 1.71. The molecule has 3 rings (SSSR count). The molecular weight excluding hydrogens is 324 g/mol. The molecule has 0 saturated carbocycles. The fourth-order valence-corrected chi connectivity index (χ4v) is 2.67. The summed E-state index contributed by atoms with van der Waals surface area (Å²) in [5.41, 5.74) is 4.00. The number of rotatable bonds is 6. The first-order valence-electron chi connectivity index (χ1n) is 8.53. The fourth-order valence-electron chi connectivity index (χ4n) is 2.67. The van der Waals surface area contributed by atoms with E-state index in [1.165, 1.54) is 11.1 Å². The molecule has 0 spiro atoms. The van der Waals surface area contributed by atoms with Gasteiger partial charge in [0.2, 0.25) is 0 Å². The maximum Gasteiger partial charge on any atom is 0.159 e. The summed E-state index contributed by atoms with van der Waals surface area (Å²) in [7, 11) is 0. The third-order valence-corrected chi connectivity index (χ3v) is 3.96. The number of ketones is 1. The predicted octanol–water partition coefficient (Wildman–Crippen LogP) is 4.65.